The lowest BCUT2D eigenvalue weighted by Crippen LogP contribution is -2.55. The summed E-state index contributed by atoms with van der Waals surface area (Å²) in [5.74, 6) is -1.97. The zero-order valence-corrected chi connectivity index (χ0v) is 10.2. The van der Waals surface area contributed by atoms with Crippen molar-refractivity contribution in [2.75, 3.05) is 0 Å². The Kier molecular flexibility index (Phi) is 2.01. The molecule has 3 atom stereocenters. The minimum absolute atomic E-state index is 0.173. The van der Waals surface area contributed by atoms with E-state index in [0.717, 1.165) is 4.90 Å². The van der Waals surface area contributed by atoms with Gasteiger partial charge in [-0.3, -0.25) is 29.4 Å². The molecule has 3 fully saturated rings. The van der Waals surface area contributed by atoms with Crippen molar-refractivity contribution in [1.29, 1.82) is 0 Å². The zero-order valence-electron chi connectivity index (χ0n) is 10.2. The summed E-state index contributed by atoms with van der Waals surface area (Å²) in [5, 5.41) is 2.17. The van der Waals surface area contributed by atoms with Crippen LogP contribution in [0.25, 0.3) is 0 Å². The molecule has 2 saturated heterocycles. The maximum absolute atomic E-state index is 12.1. The highest BCUT2D eigenvalue weighted by Crippen LogP contribution is 2.63. The Morgan fingerprint density at radius 3 is 2.17 bits per heavy atom. The molecular formula is C12H14N2O4. The van der Waals surface area contributed by atoms with Gasteiger partial charge in [0.1, 0.15) is 6.04 Å². The van der Waals surface area contributed by atoms with E-state index in [4.69, 9.17) is 0 Å². The Morgan fingerprint density at radius 1 is 1.11 bits per heavy atom. The van der Waals surface area contributed by atoms with E-state index in [0.29, 0.717) is 0 Å². The van der Waals surface area contributed by atoms with Gasteiger partial charge in [-0.2, -0.15) is 0 Å². The number of nitrogens with zero attached hydrogens (tertiary/aromatic N) is 1. The largest absolute Gasteiger partial charge is 0.295 e. The summed E-state index contributed by atoms with van der Waals surface area (Å²) >= 11 is 0. The molecule has 18 heavy (non-hydrogen) atoms. The number of fused-ring (bicyclic) bond motifs is 1. The summed E-state index contributed by atoms with van der Waals surface area (Å²) in [6.07, 6.45) is 0.411. The van der Waals surface area contributed by atoms with E-state index in [1.165, 1.54) is 0 Å². The average molecular weight is 250 g/mol. The van der Waals surface area contributed by atoms with Crippen molar-refractivity contribution in [2.24, 2.45) is 17.3 Å². The Morgan fingerprint density at radius 2 is 1.67 bits per heavy atom. The third kappa shape index (κ3) is 1.23. The summed E-state index contributed by atoms with van der Waals surface area (Å²) in [4.78, 5) is 48.1. The van der Waals surface area contributed by atoms with Crippen molar-refractivity contribution in [2.45, 2.75) is 32.7 Å². The molecule has 0 aromatic rings. The summed E-state index contributed by atoms with van der Waals surface area (Å²) in [6.45, 7) is 3.78. The van der Waals surface area contributed by atoms with Crippen LogP contribution < -0.4 is 5.32 Å². The van der Waals surface area contributed by atoms with Gasteiger partial charge in [-0.05, 0) is 11.8 Å². The lowest BCUT2D eigenvalue weighted by molar-refractivity contribution is -0.153. The molecule has 96 valence electrons. The number of piperidine rings is 2. The summed E-state index contributed by atoms with van der Waals surface area (Å²) in [6, 6.07) is -0.800. The van der Waals surface area contributed by atoms with Gasteiger partial charge in [0.05, 0.1) is 11.8 Å². The van der Waals surface area contributed by atoms with Crippen LogP contribution in [0.3, 0.4) is 0 Å². The SMILES string of the molecule is CC1(C)C2C(=O)N(C3CCC(=O)NC3=O)C(=O)C21. The van der Waals surface area contributed by atoms with E-state index in [9.17, 15) is 19.2 Å². The predicted octanol–water partition coefficient (Wildman–Crippen LogP) is -0.567. The van der Waals surface area contributed by atoms with Crippen molar-refractivity contribution < 1.29 is 19.2 Å². The first-order valence-corrected chi connectivity index (χ1v) is 6.06. The van der Waals surface area contributed by atoms with Gasteiger partial charge in [0, 0.05) is 6.42 Å². The fourth-order valence-corrected chi connectivity index (χ4v) is 3.20. The quantitative estimate of drug-likeness (QED) is 0.632. The molecule has 3 rings (SSSR count). The van der Waals surface area contributed by atoms with Crippen molar-refractivity contribution in [1.82, 2.24) is 10.2 Å². The highest BCUT2D eigenvalue weighted by atomic mass is 16.2. The van der Waals surface area contributed by atoms with Crippen LogP contribution in [-0.4, -0.2) is 34.6 Å². The molecule has 6 nitrogen and oxygen atoms in total. The minimum Gasteiger partial charge on any atom is -0.295 e. The van der Waals surface area contributed by atoms with E-state index < -0.39 is 11.9 Å². The van der Waals surface area contributed by atoms with Gasteiger partial charge in [-0.15, -0.1) is 0 Å². The van der Waals surface area contributed by atoms with Gasteiger partial charge in [-0.1, -0.05) is 13.8 Å². The van der Waals surface area contributed by atoms with Crippen LogP contribution >= 0.6 is 0 Å². The van der Waals surface area contributed by atoms with Crippen LogP contribution in [0.1, 0.15) is 26.7 Å². The van der Waals surface area contributed by atoms with Crippen LogP contribution in [0.4, 0.5) is 0 Å². The first-order valence-electron chi connectivity index (χ1n) is 6.06. The van der Waals surface area contributed by atoms with Crippen LogP contribution in [0.2, 0.25) is 0 Å². The minimum atomic E-state index is -0.800. The molecule has 2 heterocycles. The topological polar surface area (TPSA) is 83.6 Å². The number of amides is 4. The van der Waals surface area contributed by atoms with E-state index in [1.54, 1.807) is 0 Å². The first-order chi connectivity index (χ1) is 8.35. The molecule has 3 unspecified atom stereocenters. The summed E-state index contributed by atoms with van der Waals surface area (Å²) in [7, 11) is 0. The lowest BCUT2D eigenvalue weighted by Gasteiger charge is -2.30. The predicted molar refractivity (Wildman–Crippen MR) is 58.8 cm³/mol. The molecule has 4 amide bonds. The third-order valence-corrected chi connectivity index (χ3v) is 4.36. The van der Waals surface area contributed by atoms with Gasteiger partial charge in [0.25, 0.3) is 0 Å². The Balaban J connectivity index is 1.84. The second-order valence-electron chi connectivity index (χ2n) is 5.79. The van der Waals surface area contributed by atoms with Gasteiger partial charge < -0.3 is 0 Å². The molecule has 3 aliphatic rings. The van der Waals surface area contributed by atoms with Gasteiger partial charge >= 0.3 is 0 Å². The molecule has 0 spiro atoms. The van der Waals surface area contributed by atoms with Crippen LogP contribution in [-0.2, 0) is 19.2 Å². The normalized spacial score (nSPS) is 37.7. The Hall–Kier alpha value is -1.72. The maximum atomic E-state index is 12.1. The molecule has 1 aliphatic carbocycles. The molecule has 1 N–H and O–H groups in total. The van der Waals surface area contributed by atoms with E-state index in [1.807, 2.05) is 13.8 Å². The Labute approximate surface area is 104 Å². The maximum Gasteiger partial charge on any atom is 0.249 e. The van der Waals surface area contributed by atoms with Crippen LogP contribution in [0.15, 0.2) is 0 Å². The van der Waals surface area contributed by atoms with E-state index in [2.05, 4.69) is 5.32 Å². The van der Waals surface area contributed by atoms with Gasteiger partial charge in [-0.25, -0.2) is 0 Å². The number of nitrogens with one attached hydrogen (secondary N) is 1. The first kappa shape index (κ1) is 11.4. The van der Waals surface area contributed by atoms with Crippen molar-refractivity contribution in [3.63, 3.8) is 0 Å². The highest BCUT2D eigenvalue weighted by Gasteiger charge is 2.73. The summed E-state index contributed by atoms with van der Waals surface area (Å²) < 4.78 is 0. The number of carbonyl (C=O) groups excluding carboxylic acids is 4. The molecular weight excluding hydrogens is 236 g/mol. The third-order valence-electron chi connectivity index (χ3n) is 4.36. The number of hydrogen-bond donors (Lipinski definition) is 1. The second-order valence-corrected chi connectivity index (χ2v) is 5.79. The number of imide groups is 2. The van der Waals surface area contributed by atoms with Crippen molar-refractivity contribution in [3.8, 4) is 0 Å². The molecule has 0 bridgehead atoms. The molecule has 0 aromatic heterocycles. The monoisotopic (exact) mass is 250 g/mol. The molecule has 0 aromatic carbocycles. The van der Waals surface area contributed by atoms with Gasteiger partial charge in [0.2, 0.25) is 23.6 Å². The Bertz CT molecular complexity index is 472. The molecule has 0 radical (unpaired) electrons. The van der Waals surface area contributed by atoms with Crippen LogP contribution in [0.5, 0.6) is 0 Å². The fourth-order valence-electron chi connectivity index (χ4n) is 3.20. The zero-order chi connectivity index (χ0) is 13.2. The molecule has 2 aliphatic heterocycles. The van der Waals surface area contributed by atoms with Gasteiger partial charge in [0.15, 0.2) is 0 Å². The highest BCUT2D eigenvalue weighted by molar-refractivity contribution is 6.14. The molecule has 1 saturated carbocycles. The number of carbonyl (C=O) groups is 4. The summed E-state index contributed by atoms with van der Waals surface area (Å²) in [5.41, 5.74) is -0.272. The van der Waals surface area contributed by atoms with Crippen LogP contribution in [0, 0.1) is 17.3 Å². The van der Waals surface area contributed by atoms with Crippen molar-refractivity contribution >= 4 is 23.6 Å². The number of hydrogen-bond acceptors (Lipinski definition) is 4. The standard InChI is InChI=1S/C12H14N2O4/c1-12(2)7-8(12)11(18)14(10(7)17)5-3-4-6(15)13-9(5)16/h5,7-8H,3-4H2,1-2H3,(H,13,15,16). The lowest BCUT2D eigenvalue weighted by atomic mass is 10.0. The average Bonchev–Trinajstić information content (AvgIpc) is 2.72. The smallest absolute Gasteiger partial charge is 0.249 e. The number of likely N-dealkylation sites (tertiary alicyclic amines) is 1. The van der Waals surface area contributed by atoms with Crippen molar-refractivity contribution in [3.05, 3.63) is 0 Å². The van der Waals surface area contributed by atoms with E-state index >= 15 is 0 Å². The van der Waals surface area contributed by atoms with E-state index in [-0.39, 0.29) is 47.8 Å². The fraction of sp³-hybridized carbons (Fsp3) is 0.667. The second kappa shape index (κ2) is 3.18. The number of rotatable bonds is 1. The molecule has 6 heteroatoms.